The van der Waals surface area contributed by atoms with E-state index in [1.165, 1.54) is 29.2 Å². The van der Waals surface area contributed by atoms with Crippen LogP contribution in [-0.4, -0.2) is 63.2 Å². The fourth-order valence-corrected chi connectivity index (χ4v) is 3.30. The van der Waals surface area contributed by atoms with E-state index >= 15 is 0 Å². The van der Waals surface area contributed by atoms with Crippen LogP contribution >= 0.6 is 23.2 Å². The molecule has 3 rings (SSSR count). The van der Waals surface area contributed by atoms with Gasteiger partial charge in [0.15, 0.2) is 5.69 Å². The number of hydrogen-bond acceptors (Lipinski definition) is 5. The van der Waals surface area contributed by atoms with Crippen molar-refractivity contribution in [2.75, 3.05) is 19.7 Å². The summed E-state index contributed by atoms with van der Waals surface area (Å²) in [4.78, 5) is 37.3. The molecule has 0 unspecified atom stereocenters. The summed E-state index contributed by atoms with van der Waals surface area (Å²) in [5.74, 6) is -1.66. The minimum atomic E-state index is -0.992. The molecule has 11 heteroatoms. The molecule has 0 bridgehead atoms. The Labute approximate surface area is 163 Å². The van der Waals surface area contributed by atoms with Gasteiger partial charge in [-0.15, -0.1) is 0 Å². The van der Waals surface area contributed by atoms with E-state index < -0.39 is 23.3 Å². The molecule has 5 N–H and O–H groups in total. The zero-order valence-electron chi connectivity index (χ0n) is 13.8. The fourth-order valence-electron chi connectivity index (χ4n) is 2.77. The quantitative estimate of drug-likeness (QED) is 0.564. The SMILES string of the molecule is NC(=O)c1cc(C(=O)N2CC(CO)(NC(=O)c3cc(Cl)cc(Cl)c3)C2)[nH]n1. The molecular formula is C16H15Cl2N5O4. The number of halogens is 2. The molecule has 0 atom stereocenters. The molecule has 142 valence electrons. The van der Waals surface area contributed by atoms with Crippen molar-refractivity contribution in [2.24, 2.45) is 5.73 Å². The molecule has 0 aliphatic carbocycles. The first-order chi connectivity index (χ1) is 12.7. The molecule has 0 radical (unpaired) electrons. The van der Waals surface area contributed by atoms with Crippen molar-refractivity contribution < 1.29 is 19.5 Å². The number of carbonyl (C=O) groups is 3. The number of aromatic nitrogens is 2. The minimum Gasteiger partial charge on any atom is -0.394 e. The number of hydrogen-bond donors (Lipinski definition) is 4. The number of nitrogens with zero attached hydrogens (tertiary/aromatic N) is 2. The number of nitrogens with one attached hydrogen (secondary N) is 2. The predicted octanol–water partition coefficient (Wildman–Crippen LogP) is 0.432. The summed E-state index contributed by atoms with van der Waals surface area (Å²) in [6, 6.07) is 5.64. The van der Waals surface area contributed by atoms with E-state index in [9.17, 15) is 19.5 Å². The third kappa shape index (κ3) is 3.90. The lowest BCUT2D eigenvalue weighted by molar-refractivity contribution is 0.00480. The van der Waals surface area contributed by atoms with Crippen LogP contribution < -0.4 is 11.1 Å². The van der Waals surface area contributed by atoms with Gasteiger partial charge in [-0.05, 0) is 18.2 Å². The summed E-state index contributed by atoms with van der Waals surface area (Å²) in [6.45, 7) is -0.215. The van der Waals surface area contributed by atoms with E-state index in [4.69, 9.17) is 28.9 Å². The number of amides is 3. The molecule has 27 heavy (non-hydrogen) atoms. The van der Waals surface area contributed by atoms with Gasteiger partial charge in [-0.3, -0.25) is 19.5 Å². The first-order valence-corrected chi connectivity index (χ1v) is 8.52. The lowest BCUT2D eigenvalue weighted by atomic mass is 9.89. The fraction of sp³-hybridized carbons (Fsp3) is 0.250. The first kappa shape index (κ1) is 19.2. The highest BCUT2D eigenvalue weighted by Gasteiger charge is 2.46. The molecule has 0 saturated carbocycles. The van der Waals surface area contributed by atoms with Gasteiger partial charge in [-0.2, -0.15) is 5.10 Å². The number of benzene rings is 1. The Bertz CT molecular complexity index is 903. The predicted molar refractivity (Wildman–Crippen MR) is 96.8 cm³/mol. The van der Waals surface area contributed by atoms with E-state index in [-0.39, 0.29) is 36.6 Å². The highest BCUT2D eigenvalue weighted by molar-refractivity contribution is 6.35. The zero-order chi connectivity index (χ0) is 19.8. The van der Waals surface area contributed by atoms with Crippen molar-refractivity contribution in [3.63, 3.8) is 0 Å². The number of aliphatic hydroxyl groups excluding tert-OH is 1. The van der Waals surface area contributed by atoms with Gasteiger partial charge in [0.1, 0.15) is 5.69 Å². The monoisotopic (exact) mass is 411 g/mol. The molecule has 1 aliphatic rings. The van der Waals surface area contributed by atoms with Gasteiger partial charge < -0.3 is 21.1 Å². The number of carbonyl (C=O) groups excluding carboxylic acids is 3. The second-order valence-electron chi connectivity index (χ2n) is 6.24. The molecule has 2 heterocycles. The van der Waals surface area contributed by atoms with Crippen LogP contribution in [0.1, 0.15) is 31.3 Å². The van der Waals surface area contributed by atoms with E-state index in [1.54, 1.807) is 0 Å². The van der Waals surface area contributed by atoms with E-state index in [0.717, 1.165) is 0 Å². The topological polar surface area (TPSA) is 141 Å². The summed E-state index contributed by atoms with van der Waals surface area (Å²) in [7, 11) is 0. The Morgan fingerprint density at radius 1 is 1.22 bits per heavy atom. The molecule has 3 amide bonds. The van der Waals surface area contributed by atoms with Crippen LogP contribution in [-0.2, 0) is 0 Å². The van der Waals surface area contributed by atoms with Crippen LogP contribution in [0.5, 0.6) is 0 Å². The van der Waals surface area contributed by atoms with Gasteiger partial charge in [-0.1, -0.05) is 23.2 Å². The van der Waals surface area contributed by atoms with Crippen LogP contribution in [0, 0.1) is 0 Å². The van der Waals surface area contributed by atoms with E-state index in [0.29, 0.717) is 10.0 Å². The standard InChI is InChI=1S/C16H15Cl2N5O4/c17-9-1-8(2-10(18)3-9)14(26)20-16(7-24)5-23(6-16)15(27)12-4-11(13(19)25)21-22-12/h1-4,24H,5-7H2,(H2,19,25)(H,20,26)(H,21,22). The van der Waals surface area contributed by atoms with Crippen molar-refractivity contribution in [3.05, 3.63) is 51.3 Å². The van der Waals surface area contributed by atoms with E-state index in [2.05, 4.69) is 15.5 Å². The number of primary amides is 1. The van der Waals surface area contributed by atoms with Crippen molar-refractivity contribution in [2.45, 2.75) is 5.54 Å². The molecule has 1 saturated heterocycles. The summed E-state index contributed by atoms with van der Waals surface area (Å²) < 4.78 is 0. The second kappa shape index (κ2) is 7.18. The lowest BCUT2D eigenvalue weighted by Crippen LogP contribution is -2.73. The Kier molecular flexibility index (Phi) is 5.09. The number of likely N-dealkylation sites (tertiary alicyclic amines) is 1. The first-order valence-electron chi connectivity index (χ1n) is 7.77. The average Bonchev–Trinajstić information content (AvgIpc) is 3.06. The second-order valence-corrected chi connectivity index (χ2v) is 7.12. The zero-order valence-corrected chi connectivity index (χ0v) is 15.3. The maximum Gasteiger partial charge on any atom is 0.272 e. The van der Waals surface area contributed by atoms with Crippen molar-refractivity contribution in [1.82, 2.24) is 20.4 Å². The van der Waals surface area contributed by atoms with Gasteiger partial charge in [0.2, 0.25) is 0 Å². The molecule has 0 spiro atoms. The lowest BCUT2D eigenvalue weighted by Gasteiger charge is -2.49. The van der Waals surface area contributed by atoms with Gasteiger partial charge in [0.05, 0.1) is 12.1 Å². The Morgan fingerprint density at radius 2 is 1.85 bits per heavy atom. The third-order valence-electron chi connectivity index (χ3n) is 4.14. The van der Waals surface area contributed by atoms with Crippen LogP contribution in [0.2, 0.25) is 10.0 Å². The van der Waals surface area contributed by atoms with E-state index in [1.807, 2.05) is 0 Å². The van der Waals surface area contributed by atoms with Crippen LogP contribution in [0.4, 0.5) is 0 Å². The van der Waals surface area contributed by atoms with Gasteiger partial charge in [-0.25, -0.2) is 0 Å². The summed E-state index contributed by atoms with van der Waals surface area (Å²) >= 11 is 11.8. The third-order valence-corrected chi connectivity index (χ3v) is 4.58. The maximum absolute atomic E-state index is 12.4. The summed E-state index contributed by atoms with van der Waals surface area (Å²) in [6.07, 6.45) is 0. The number of nitrogens with two attached hydrogens (primary N) is 1. The number of H-pyrrole nitrogens is 1. The largest absolute Gasteiger partial charge is 0.394 e. The molecule has 9 nitrogen and oxygen atoms in total. The van der Waals surface area contributed by atoms with Crippen molar-refractivity contribution in [1.29, 1.82) is 0 Å². The Hall–Kier alpha value is -2.62. The van der Waals surface area contributed by atoms with Crippen molar-refractivity contribution >= 4 is 40.9 Å². The highest BCUT2D eigenvalue weighted by Crippen LogP contribution is 2.25. The van der Waals surface area contributed by atoms with Gasteiger partial charge >= 0.3 is 0 Å². The molecule has 1 aromatic heterocycles. The smallest absolute Gasteiger partial charge is 0.272 e. The summed E-state index contributed by atoms with van der Waals surface area (Å²) in [5.41, 5.74) is 4.38. The van der Waals surface area contributed by atoms with Crippen LogP contribution in [0.25, 0.3) is 0 Å². The Balaban J connectivity index is 1.67. The summed E-state index contributed by atoms with van der Waals surface area (Å²) in [5, 5.41) is 19.1. The van der Waals surface area contributed by atoms with Crippen molar-refractivity contribution in [3.8, 4) is 0 Å². The van der Waals surface area contributed by atoms with Crippen LogP contribution in [0.15, 0.2) is 24.3 Å². The molecular weight excluding hydrogens is 397 g/mol. The normalized spacial score (nSPS) is 15.1. The number of aromatic amines is 1. The number of rotatable bonds is 5. The Morgan fingerprint density at radius 3 is 2.37 bits per heavy atom. The molecule has 1 fully saturated rings. The highest BCUT2D eigenvalue weighted by atomic mass is 35.5. The molecule has 2 aromatic rings. The maximum atomic E-state index is 12.4. The molecule has 1 aliphatic heterocycles. The van der Waals surface area contributed by atoms with Gasteiger partial charge in [0, 0.05) is 34.8 Å². The molecule has 1 aromatic carbocycles. The minimum absolute atomic E-state index is 0.0570. The average molecular weight is 412 g/mol. The van der Waals surface area contributed by atoms with Crippen LogP contribution in [0.3, 0.4) is 0 Å². The number of aliphatic hydroxyl groups is 1. The van der Waals surface area contributed by atoms with Gasteiger partial charge in [0.25, 0.3) is 17.7 Å².